The van der Waals surface area contributed by atoms with Crippen molar-refractivity contribution in [3.05, 3.63) is 59.7 Å². The van der Waals surface area contributed by atoms with Gasteiger partial charge in [-0.05, 0) is 51.0 Å². The Morgan fingerprint density at radius 1 is 1.09 bits per heavy atom. The molecule has 8 heteroatoms. The van der Waals surface area contributed by atoms with E-state index >= 15 is 0 Å². The summed E-state index contributed by atoms with van der Waals surface area (Å²) in [4.78, 5) is 17.7. The standard InChI is InChI=1S/C25H29N5O2S/c1-17-8-10-21(11-9-17)30-24(28-12-14-32-15-13-28)26-27-25(30)33-19(3)23(31)29-18(2)16-20-6-4-5-7-22(20)29/h4-11,18-19H,12-16H2,1-3H3/t18-,19-/m1/s1. The number of hydrogen-bond acceptors (Lipinski definition) is 6. The van der Waals surface area contributed by atoms with Gasteiger partial charge in [-0.15, -0.1) is 10.2 Å². The minimum atomic E-state index is -0.301. The van der Waals surface area contributed by atoms with Crippen molar-refractivity contribution in [2.24, 2.45) is 0 Å². The van der Waals surface area contributed by atoms with Crippen molar-refractivity contribution in [3.8, 4) is 5.69 Å². The summed E-state index contributed by atoms with van der Waals surface area (Å²) in [5.74, 6) is 0.896. The number of morpholine rings is 1. The maximum absolute atomic E-state index is 13.5. The van der Waals surface area contributed by atoms with E-state index in [4.69, 9.17) is 4.74 Å². The highest BCUT2D eigenvalue weighted by Gasteiger charge is 2.34. The van der Waals surface area contributed by atoms with Crippen molar-refractivity contribution < 1.29 is 9.53 Å². The first-order valence-electron chi connectivity index (χ1n) is 11.5. The molecule has 3 heterocycles. The van der Waals surface area contributed by atoms with Crippen molar-refractivity contribution >= 4 is 29.3 Å². The quantitative estimate of drug-likeness (QED) is 0.536. The van der Waals surface area contributed by atoms with Gasteiger partial charge in [-0.3, -0.25) is 9.36 Å². The van der Waals surface area contributed by atoms with E-state index in [-0.39, 0.29) is 17.2 Å². The number of carbonyl (C=O) groups is 1. The number of amides is 1. The fourth-order valence-electron chi connectivity index (χ4n) is 4.53. The normalized spacial score (nSPS) is 18.9. The third-order valence-electron chi connectivity index (χ3n) is 6.28. The van der Waals surface area contributed by atoms with Gasteiger partial charge in [0.2, 0.25) is 11.9 Å². The van der Waals surface area contributed by atoms with Gasteiger partial charge in [-0.1, -0.05) is 47.7 Å². The van der Waals surface area contributed by atoms with Crippen molar-refractivity contribution in [2.45, 2.75) is 43.6 Å². The molecule has 7 nitrogen and oxygen atoms in total. The van der Waals surface area contributed by atoms with Crippen LogP contribution in [0.1, 0.15) is 25.0 Å². The minimum absolute atomic E-state index is 0.101. The summed E-state index contributed by atoms with van der Waals surface area (Å²) in [5.41, 5.74) is 4.44. The molecule has 1 amide bonds. The van der Waals surface area contributed by atoms with Crippen LogP contribution in [0, 0.1) is 6.92 Å². The highest BCUT2D eigenvalue weighted by molar-refractivity contribution is 8.00. The molecule has 0 spiro atoms. The van der Waals surface area contributed by atoms with Crippen LogP contribution in [0.3, 0.4) is 0 Å². The van der Waals surface area contributed by atoms with Crippen LogP contribution in [0.2, 0.25) is 0 Å². The molecule has 2 aromatic carbocycles. The first-order chi connectivity index (χ1) is 16.0. The molecule has 5 rings (SSSR count). The van der Waals surface area contributed by atoms with Gasteiger partial charge in [0.15, 0.2) is 5.16 Å². The van der Waals surface area contributed by atoms with Crippen LogP contribution in [0.4, 0.5) is 11.6 Å². The molecule has 3 aromatic rings. The minimum Gasteiger partial charge on any atom is -0.378 e. The van der Waals surface area contributed by atoms with E-state index in [9.17, 15) is 4.79 Å². The molecule has 0 bridgehead atoms. The zero-order valence-corrected chi connectivity index (χ0v) is 20.1. The maximum Gasteiger partial charge on any atom is 0.240 e. The van der Waals surface area contributed by atoms with Gasteiger partial charge >= 0.3 is 0 Å². The molecule has 33 heavy (non-hydrogen) atoms. The third-order valence-corrected chi connectivity index (χ3v) is 7.31. The van der Waals surface area contributed by atoms with Crippen LogP contribution in [0.15, 0.2) is 53.7 Å². The number of thioether (sulfide) groups is 1. The second kappa shape index (κ2) is 9.19. The largest absolute Gasteiger partial charge is 0.378 e. The Bertz CT molecular complexity index is 1140. The summed E-state index contributed by atoms with van der Waals surface area (Å²) < 4.78 is 7.60. The summed E-state index contributed by atoms with van der Waals surface area (Å²) in [5, 5.41) is 9.48. The second-order valence-corrected chi connectivity index (χ2v) is 10.0. The molecule has 2 aliphatic heterocycles. The number of aromatic nitrogens is 3. The molecule has 0 unspecified atom stereocenters. The predicted octanol–water partition coefficient (Wildman–Crippen LogP) is 3.87. The van der Waals surface area contributed by atoms with Gasteiger partial charge in [-0.25, -0.2) is 0 Å². The van der Waals surface area contributed by atoms with E-state index < -0.39 is 0 Å². The number of para-hydroxylation sites is 1. The van der Waals surface area contributed by atoms with E-state index in [0.29, 0.717) is 13.2 Å². The molecule has 2 aliphatic rings. The lowest BCUT2D eigenvalue weighted by Gasteiger charge is -2.28. The predicted molar refractivity (Wildman–Crippen MR) is 132 cm³/mol. The number of anilines is 2. The Morgan fingerprint density at radius 2 is 1.82 bits per heavy atom. The molecule has 0 saturated carbocycles. The highest BCUT2D eigenvalue weighted by atomic mass is 32.2. The van der Waals surface area contributed by atoms with Crippen LogP contribution in [0.25, 0.3) is 5.69 Å². The highest BCUT2D eigenvalue weighted by Crippen LogP contribution is 2.36. The number of nitrogens with zero attached hydrogens (tertiary/aromatic N) is 5. The van der Waals surface area contributed by atoms with E-state index in [0.717, 1.165) is 42.0 Å². The Balaban J connectivity index is 1.45. The topological polar surface area (TPSA) is 63.5 Å². The van der Waals surface area contributed by atoms with Gasteiger partial charge in [0, 0.05) is 24.8 Å². The van der Waals surface area contributed by atoms with Crippen LogP contribution in [-0.2, 0) is 16.0 Å². The zero-order chi connectivity index (χ0) is 22.9. The summed E-state index contributed by atoms with van der Waals surface area (Å²) in [6.07, 6.45) is 0.889. The number of carbonyl (C=O) groups excluding carboxylic acids is 1. The van der Waals surface area contributed by atoms with Gasteiger partial charge < -0.3 is 14.5 Å². The lowest BCUT2D eigenvalue weighted by Crippen LogP contribution is -2.40. The van der Waals surface area contributed by atoms with Gasteiger partial charge in [0.25, 0.3) is 0 Å². The monoisotopic (exact) mass is 463 g/mol. The summed E-state index contributed by atoms with van der Waals surface area (Å²) >= 11 is 1.47. The van der Waals surface area contributed by atoms with Crippen LogP contribution < -0.4 is 9.80 Å². The number of rotatable bonds is 5. The number of fused-ring (bicyclic) bond motifs is 1. The van der Waals surface area contributed by atoms with Crippen molar-refractivity contribution in [3.63, 3.8) is 0 Å². The molecule has 1 aromatic heterocycles. The van der Waals surface area contributed by atoms with E-state index in [1.807, 2.05) is 30.0 Å². The average Bonchev–Trinajstić information content (AvgIpc) is 3.40. The fourth-order valence-corrected chi connectivity index (χ4v) is 5.44. The van der Waals surface area contributed by atoms with E-state index in [1.54, 1.807) is 0 Å². The SMILES string of the molecule is Cc1ccc(-n2c(S[C@H](C)C(=O)N3c4ccccc4C[C@H]3C)nnc2N2CCOCC2)cc1. The zero-order valence-electron chi connectivity index (χ0n) is 19.3. The Labute approximate surface area is 198 Å². The number of benzene rings is 2. The summed E-state index contributed by atoms with van der Waals surface area (Å²) in [6.45, 7) is 9.03. The molecular weight excluding hydrogens is 434 g/mol. The summed E-state index contributed by atoms with van der Waals surface area (Å²) in [7, 11) is 0. The maximum atomic E-state index is 13.5. The number of hydrogen-bond donors (Lipinski definition) is 0. The third kappa shape index (κ3) is 4.25. The number of aryl methyl sites for hydroxylation is 1. The van der Waals surface area contributed by atoms with Crippen molar-refractivity contribution in [1.82, 2.24) is 14.8 Å². The Kier molecular flexibility index (Phi) is 6.12. The lowest BCUT2D eigenvalue weighted by molar-refractivity contribution is -0.118. The van der Waals surface area contributed by atoms with Crippen LogP contribution in [-0.4, -0.2) is 58.3 Å². The van der Waals surface area contributed by atoms with Crippen LogP contribution >= 0.6 is 11.8 Å². The molecular formula is C25H29N5O2S. The molecule has 0 radical (unpaired) electrons. The van der Waals surface area contributed by atoms with Gasteiger partial charge in [-0.2, -0.15) is 0 Å². The van der Waals surface area contributed by atoms with E-state index in [2.05, 4.69) is 63.8 Å². The molecule has 1 saturated heterocycles. The van der Waals surface area contributed by atoms with Crippen molar-refractivity contribution in [2.75, 3.05) is 36.1 Å². The fraction of sp³-hybridized carbons (Fsp3) is 0.400. The molecule has 0 N–H and O–H groups in total. The molecule has 172 valence electrons. The Hall–Kier alpha value is -2.84. The molecule has 2 atom stereocenters. The van der Waals surface area contributed by atoms with Gasteiger partial charge in [0.1, 0.15) is 0 Å². The molecule has 0 aliphatic carbocycles. The smallest absolute Gasteiger partial charge is 0.240 e. The first-order valence-corrected chi connectivity index (χ1v) is 12.3. The second-order valence-electron chi connectivity index (χ2n) is 8.70. The molecule has 1 fully saturated rings. The number of ether oxygens (including phenoxy) is 1. The Morgan fingerprint density at radius 3 is 2.58 bits per heavy atom. The van der Waals surface area contributed by atoms with Crippen molar-refractivity contribution in [1.29, 1.82) is 0 Å². The van der Waals surface area contributed by atoms with Crippen LogP contribution in [0.5, 0.6) is 0 Å². The van der Waals surface area contributed by atoms with Gasteiger partial charge in [0.05, 0.1) is 24.2 Å². The average molecular weight is 464 g/mol. The lowest BCUT2D eigenvalue weighted by atomic mass is 10.1. The summed E-state index contributed by atoms with van der Waals surface area (Å²) in [6, 6.07) is 16.7. The first kappa shape index (κ1) is 22.0. The van der Waals surface area contributed by atoms with E-state index in [1.165, 1.54) is 22.9 Å².